The van der Waals surface area contributed by atoms with Crippen molar-refractivity contribution in [1.82, 2.24) is 10.3 Å². The Balaban J connectivity index is 0.00000243. The average Bonchev–Trinajstić information content (AvgIpc) is 2.94. The van der Waals surface area contributed by atoms with Crippen LogP contribution in [0.3, 0.4) is 0 Å². The molecule has 3 rings (SSSR count). The quantitative estimate of drug-likeness (QED) is 0.778. The van der Waals surface area contributed by atoms with E-state index in [4.69, 9.17) is 16.3 Å². The number of hydrogen-bond donors (Lipinski definition) is 2. The summed E-state index contributed by atoms with van der Waals surface area (Å²) < 4.78 is 5.57. The molecule has 0 atom stereocenters. The molecule has 1 amide bonds. The fourth-order valence-electron chi connectivity index (χ4n) is 3.04. The molecular formula is C18H23Cl2N3O2S. The van der Waals surface area contributed by atoms with E-state index >= 15 is 0 Å². The van der Waals surface area contributed by atoms with Crippen molar-refractivity contribution >= 4 is 46.4 Å². The standard InChI is InChI=1S/C18H22ClN3O2S.ClH/c1-12-15(11-13-4-3-5-14(19)10-13)25-17(21-12)22-16(23)18(24-2)6-8-20-9-7-18;/h3-5,10,20H,6-9,11H2,1-2H3,(H,21,22,23);1H. The molecule has 0 radical (unpaired) electrons. The molecule has 0 spiro atoms. The summed E-state index contributed by atoms with van der Waals surface area (Å²) in [6, 6.07) is 7.79. The van der Waals surface area contributed by atoms with Gasteiger partial charge < -0.3 is 10.1 Å². The molecule has 1 saturated heterocycles. The molecule has 1 aliphatic rings. The van der Waals surface area contributed by atoms with Crippen LogP contribution in [0.25, 0.3) is 0 Å². The van der Waals surface area contributed by atoms with Gasteiger partial charge in [-0.25, -0.2) is 4.98 Å². The fraction of sp³-hybridized carbons (Fsp3) is 0.444. The Morgan fingerprint density at radius 1 is 1.42 bits per heavy atom. The Morgan fingerprint density at radius 2 is 2.15 bits per heavy atom. The summed E-state index contributed by atoms with van der Waals surface area (Å²) in [7, 11) is 1.60. The smallest absolute Gasteiger partial charge is 0.258 e. The Kier molecular flexibility index (Phi) is 7.43. The molecule has 2 aromatic rings. The number of carbonyl (C=O) groups is 1. The van der Waals surface area contributed by atoms with E-state index in [9.17, 15) is 4.79 Å². The Hall–Kier alpha value is -1.18. The van der Waals surface area contributed by atoms with Gasteiger partial charge in [0, 0.05) is 23.4 Å². The second-order valence-electron chi connectivity index (χ2n) is 6.24. The molecule has 26 heavy (non-hydrogen) atoms. The summed E-state index contributed by atoms with van der Waals surface area (Å²) in [6.07, 6.45) is 2.07. The van der Waals surface area contributed by atoms with E-state index in [0.29, 0.717) is 18.0 Å². The summed E-state index contributed by atoms with van der Waals surface area (Å²) in [5, 5.41) is 7.55. The van der Waals surface area contributed by atoms with Crippen LogP contribution in [0.2, 0.25) is 5.02 Å². The van der Waals surface area contributed by atoms with Crippen molar-refractivity contribution in [3.8, 4) is 0 Å². The number of aryl methyl sites for hydroxylation is 1. The second-order valence-corrected chi connectivity index (χ2v) is 7.76. The minimum absolute atomic E-state index is 0. The predicted molar refractivity (Wildman–Crippen MR) is 109 cm³/mol. The lowest BCUT2D eigenvalue weighted by Crippen LogP contribution is -2.51. The third-order valence-corrected chi connectivity index (χ3v) is 5.89. The van der Waals surface area contributed by atoms with Gasteiger partial charge in [-0.3, -0.25) is 10.1 Å². The first kappa shape index (κ1) is 21.1. The van der Waals surface area contributed by atoms with E-state index in [1.165, 1.54) is 11.3 Å². The highest BCUT2D eigenvalue weighted by Gasteiger charge is 2.40. The molecule has 0 aliphatic carbocycles. The molecule has 1 aliphatic heterocycles. The van der Waals surface area contributed by atoms with Gasteiger partial charge in [0.15, 0.2) is 5.13 Å². The maximum absolute atomic E-state index is 12.7. The van der Waals surface area contributed by atoms with E-state index in [1.54, 1.807) is 7.11 Å². The van der Waals surface area contributed by atoms with Crippen molar-refractivity contribution in [3.63, 3.8) is 0 Å². The highest BCUT2D eigenvalue weighted by Crippen LogP contribution is 2.29. The van der Waals surface area contributed by atoms with Gasteiger partial charge in [-0.1, -0.05) is 23.7 Å². The average molecular weight is 416 g/mol. The van der Waals surface area contributed by atoms with Crippen LogP contribution in [0.5, 0.6) is 0 Å². The van der Waals surface area contributed by atoms with Crippen LogP contribution in [-0.2, 0) is 16.0 Å². The SMILES string of the molecule is COC1(C(=O)Nc2nc(C)c(Cc3cccc(Cl)c3)s2)CCNCC1.Cl. The zero-order valence-corrected chi connectivity index (χ0v) is 17.2. The van der Waals surface area contributed by atoms with E-state index in [-0.39, 0.29) is 18.3 Å². The third-order valence-electron chi connectivity index (χ3n) is 4.58. The molecule has 5 nitrogen and oxygen atoms in total. The molecule has 2 heterocycles. The van der Waals surface area contributed by atoms with Gasteiger partial charge in [0.2, 0.25) is 0 Å². The predicted octanol–water partition coefficient (Wildman–Crippen LogP) is 3.82. The monoisotopic (exact) mass is 415 g/mol. The number of ether oxygens (including phenoxy) is 1. The van der Waals surface area contributed by atoms with Gasteiger partial charge in [-0.2, -0.15) is 0 Å². The number of piperidine rings is 1. The highest BCUT2D eigenvalue weighted by atomic mass is 35.5. The summed E-state index contributed by atoms with van der Waals surface area (Å²) >= 11 is 7.56. The summed E-state index contributed by atoms with van der Waals surface area (Å²) in [4.78, 5) is 18.4. The van der Waals surface area contributed by atoms with E-state index < -0.39 is 5.60 Å². The van der Waals surface area contributed by atoms with Gasteiger partial charge >= 0.3 is 0 Å². The maximum Gasteiger partial charge on any atom is 0.258 e. The number of thiazole rings is 1. The van der Waals surface area contributed by atoms with Crippen molar-refractivity contribution < 1.29 is 9.53 Å². The van der Waals surface area contributed by atoms with E-state index in [1.807, 2.05) is 31.2 Å². The van der Waals surface area contributed by atoms with Crippen LogP contribution in [0.1, 0.15) is 29.0 Å². The molecule has 0 unspecified atom stereocenters. The Bertz CT molecular complexity index is 761. The summed E-state index contributed by atoms with van der Waals surface area (Å²) in [5.74, 6) is -0.112. The van der Waals surface area contributed by atoms with Gasteiger partial charge in [0.05, 0.1) is 5.69 Å². The number of benzene rings is 1. The number of carbonyl (C=O) groups excluding carboxylic acids is 1. The normalized spacial score (nSPS) is 16.0. The van der Waals surface area contributed by atoms with E-state index in [0.717, 1.165) is 40.7 Å². The van der Waals surface area contributed by atoms with Crippen LogP contribution >= 0.6 is 35.3 Å². The number of rotatable bonds is 5. The zero-order valence-electron chi connectivity index (χ0n) is 14.8. The molecule has 1 aromatic carbocycles. The largest absolute Gasteiger partial charge is 0.368 e. The number of methoxy groups -OCH3 is 1. The molecule has 2 N–H and O–H groups in total. The second kappa shape index (κ2) is 9.15. The van der Waals surface area contributed by atoms with Crippen molar-refractivity contribution in [2.24, 2.45) is 0 Å². The summed E-state index contributed by atoms with van der Waals surface area (Å²) in [5.41, 5.74) is 1.29. The van der Waals surface area contributed by atoms with E-state index in [2.05, 4.69) is 15.6 Å². The van der Waals surface area contributed by atoms with Gasteiger partial charge in [-0.15, -0.1) is 23.7 Å². The van der Waals surface area contributed by atoms with Crippen LogP contribution in [0.4, 0.5) is 5.13 Å². The van der Waals surface area contributed by atoms with Gasteiger partial charge in [0.1, 0.15) is 5.60 Å². The lowest BCUT2D eigenvalue weighted by atomic mass is 9.91. The first-order valence-electron chi connectivity index (χ1n) is 8.30. The number of anilines is 1. The van der Waals surface area contributed by atoms with Gasteiger partial charge in [0.25, 0.3) is 5.91 Å². The number of nitrogens with one attached hydrogen (secondary N) is 2. The lowest BCUT2D eigenvalue weighted by molar-refractivity contribution is -0.140. The van der Waals surface area contributed by atoms with Crippen molar-refractivity contribution in [2.45, 2.75) is 31.8 Å². The molecule has 1 fully saturated rings. The molecule has 0 bridgehead atoms. The zero-order chi connectivity index (χ0) is 17.9. The lowest BCUT2D eigenvalue weighted by Gasteiger charge is -2.34. The van der Waals surface area contributed by atoms with Crippen LogP contribution in [0.15, 0.2) is 24.3 Å². The first-order chi connectivity index (χ1) is 12.0. The van der Waals surface area contributed by atoms with Crippen LogP contribution in [-0.4, -0.2) is 36.7 Å². The number of hydrogen-bond acceptors (Lipinski definition) is 5. The highest BCUT2D eigenvalue weighted by molar-refractivity contribution is 7.15. The minimum atomic E-state index is -0.766. The van der Waals surface area contributed by atoms with Gasteiger partial charge in [-0.05, 0) is 50.6 Å². The number of nitrogens with zero attached hydrogens (tertiary/aromatic N) is 1. The summed E-state index contributed by atoms with van der Waals surface area (Å²) in [6.45, 7) is 3.51. The molecule has 0 saturated carbocycles. The molecule has 8 heteroatoms. The van der Waals surface area contributed by atoms with Crippen molar-refractivity contribution in [1.29, 1.82) is 0 Å². The molecular weight excluding hydrogens is 393 g/mol. The Morgan fingerprint density at radius 3 is 2.81 bits per heavy atom. The molecule has 142 valence electrons. The number of halogens is 2. The number of amides is 1. The third kappa shape index (κ3) is 4.75. The van der Waals surface area contributed by atoms with Crippen molar-refractivity contribution in [2.75, 3.05) is 25.5 Å². The fourth-order valence-corrected chi connectivity index (χ4v) is 4.25. The molecule has 1 aromatic heterocycles. The maximum atomic E-state index is 12.7. The van der Waals surface area contributed by atoms with Crippen molar-refractivity contribution in [3.05, 3.63) is 45.4 Å². The van der Waals surface area contributed by atoms with Crippen LogP contribution in [0, 0.1) is 6.92 Å². The number of aromatic nitrogens is 1. The van der Waals surface area contributed by atoms with Crippen LogP contribution < -0.4 is 10.6 Å². The minimum Gasteiger partial charge on any atom is -0.368 e. The first-order valence-corrected chi connectivity index (χ1v) is 9.50. The topological polar surface area (TPSA) is 63.2 Å². The Labute approximate surface area is 168 Å².